The molecule has 0 aromatic heterocycles. The average molecular weight is 334 g/mol. The minimum atomic E-state index is 0.425. The highest BCUT2D eigenvalue weighted by atomic mass is 79.9. The van der Waals surface area contributed by atoms with Crippen molar-refractivity contribution in [1.82, 2.24) is 0 Å². The quantitative estimate of drug-likeness (QED) is 0.852. The van der Waals surface area contributed by atoms with E-state index in [1.54, 1.807) is 11.8 Å². The van der Waals surface area contributed by atoms with Gasteiger partial charge in [0.05, 0.1) is 11.7 Å². The molecule has 0 fully saturated rings. The van der Waals surface area contributed by atoms with E-state index in [9.17, 15) is 0 Å². The van der Waals surface area contributed by atoms with Crippen LogP contribution in [0, 0.1) is 5.92 Å². The third-order valence-corrected chi connectivity index (χ3v) is 4.50. The van der Waals surface area contributed by atoms with Crippen LogP contribution in [0.2, 0.25) is 5.02 Å². The van der Waals surface area contributed by atoms with E-state index in [2.05, 4.69) is 40.1 Å². The van der Waals surface area contributed by atoms with E-state index in [-0.39, 0.29) is 0 Å². The van der Waals surface area contributed by atoms with Gasteiger partial charge in [-0.1, -0.05) is 37.2 Å². The van der Waals surface area contributed by atoms with Gasteiger partial charge in [-0.3, -0.25) is 4.99 Å². The molecule has 0 saturated carbocycles. The molecule has 1 aliphatic rings. The van der Waals surface area contributed by atoms with Crippen molar-refractivity contribution in [3.05, 3.63) is 27.7 Å². The molecule has 0 bridgehead atoms. The molecule has 17 heavy (non-hydrogen) atoms. The highest BCUT2D eigenvalue weighted by Crippen LogP contribution is 2.29. The lowest BCUT2D eigenvalue weighted by Gasteiger charge is -2.08. The number of halogens is 2. The SMILES string of the molecule is CC(C)C1CSC(Nc2ccc(Cl)cc2Br)=N1. The van der Waals surface area contributed by atoms with Crippen LogP contribution < -0.4 is 5.32 Å². The molecule has 1 aromatic carbocycles. The number of rotatable bonds is 2. The zero-order chi connectivity index (χ0) is 12.4. The van der Waals surface area contributed by atoms with Crippen LogP contribution in [0.1, 0.15) is 13.8 Å². The number of amidine groups is 1. The van der Waals surface area contributed by atoms with Crippen molar-refractivity contribution in [3.8, 4) is 0 Å². The molecule has 0 aliphatic carbocycles. The Balaban J connectivity index is 2.09. The van der Waals surface area contributed by atoms with E-state index >= 15 is 0 Å². The average Bonchev–Trinajstić information content (AvgIpc) is 2.71. The molecule has 0 amide bonds. The second-order valence-electron chi connectivity index (χ2n) is 4.31. The van der Waals surface area contributed by atoms with E-state index in [1.807, 2.05) is 18.2 Å². The van der Waals surface area contributed by atoms with E-state index in [4.69, 9.17) is 11.6 Å². The molecule has 1 atom stereocenters. The maximum absolute atomic E-state index is 5.91. The number of thioether (sulfide) groups is 1. The molecule has 5 heteroatoms. The standard InChI is InChI=1S/C12H14BrClN2S/c1-7(2)11-6-17-12(16-11)15-10-4-3-8(14)5-9(10)13/h3-5,7,11H,6H2,1-2H3,(H,15,16). The fourth-order valence-electron chi connectivity index (χ4n) is 1.51. The number of nitrogens with zero attached hydrogens (tertiary/aromatic N) is 1. The molecular weight excluding hydrogens is 320 g/mol. The first kappa shape index (κ1) is 13.2. The number of anilines is 1. The summed E-state index contributed by atoms with van der Waals surface area (Å²) < 4.78 is 0.960. The number of nitrogens with one attached hydrogen (secondary N) is 1. The van der Waals surface area contributed by atoms with Crippen molar-refractivity contribution < 1.29 is 0 Å². The van der Waals surface area contributed by atoms with Crippen molar-refractivity contribution in [3.63, 3.8) is 0 Å². The van der Waals surface area contributed by atoms with Gasteiger partial charge in [0, 0.05) is 15.2 Å². The fraction of sp³-hybridized carbons (Fsp3) is 0.417. The van der Waals surface area contributed by atoms with Crippen LogP contribution in [0.25, 0.3) is 0 Å². The number of benzene rings is 1. The number of hydrogen-bond acceptors (Lipinski definition) is 3. The summed E-state index contributed by atoms with van der Waals surface area (Å²) >= 11 is 11.2. The molecule has 92 valence electrons. The maximum Gasteiger partial charge on any atom is 0.161 e. The van der Waals surface area contributed by atoms with Crippen molar-refractivity contribution in [2.24, 2.45) is 10.9 Å². The van der Waals surface area contributed by atoms with E-state index in [1.165, 1.54) is 0 Å². The molecule has 1 aliphatic heterocycles. The lowest BCUT2D eigenvalue weighted by Crippen LogP contribution is -2.12. The van der Waals surface area contributed by atoms with E-state index in [0.29, 0.717) is 12.0 Å². The third kappa shape index (κ3) is 3.39. The zero-order valence-corrected chi connectivity index (χ0v) is 12.9. The monoisotopic (exact) mass is 332 g/mol. The van der Waals surface area contributed by atoms with Gasteiger partial charge < -0.3 is 5.32 Å². The van der Waals surface area contributed by atoms with Gasteiger partial charge in [-0.25, -0.2) is 0 Å². The second kappa shape index (κ2) is 5.63. The first-order valence-electron chi connectivity index (χ1n) is 5.49. The first-order valence-corrected chi connectivity index (χ1v) is 7.64. The summed E-state index contributed by atoms with van der Waals surface area (Å²) in [6.07, 6.45) is 0. The molecule has 1 heterocycles. The Morgan fingerprint density at radius 2 is 2.29 bits per heavy atom. The topological polar surface area (TPSA) is 24.4 Å². The Morgan fingerprint density at radius 3 is 2.88 bits per heavy atom. The van der Waals surface area contributed by atoms with Gasteiger partial charge in [-0.15, -0.1) is 0 Å². The van der Waals surface area contributed by atoms with Crippen molar-refractivity contribution in [2.75, 3.05) is 11.1 Å². The van der Waals surface area contributed by atoms with Crippen molar-refractivity contribution >= 4 is 50.1 Å². The number of aliphatic imine (C=N–C) groups is 1. The number of hydrogen-bond donors (Lipinski definition) is 1. The third-order valence-electron chi connectivity index (χ3n) is 2.62. The van der Waals surface area contributed by atoms with Crippen LogP contribution in [-0.2, 0) is 0 Å². The summed E-state index contributed by atoms with van der Waals surface area (Å²) in [5.74, 6) is 1.65. The molecule has 2 rings (SSSR count). The predicted octanol–water partition coefficient (Wildman–Crippen LogP) is 4.64. The first-order chi connectivity index (χ1) is 8.06. The molecule has 1 N–H and O–H groups in total. The van der Waals surface area contributed by atoms with Gasteiger partial charge in [0.1, 0.15) is 0 Å². The van der Waals surface area contributed by atoms with Gasteiger partial charge in [-0.2, -0.15) is 0 Å². The Morgan fingerprint density at radius 1 is 1.53 bits per heavy atom. The maximum atomic E-state index is 5.91. The van der Waals surface area contributed by atoms with Gasteiger partial charge in [0.25, 0.3) is 0 Å². The van der Waals surface area contributed by atoms with Crippen LogP contribution in [0.5, 0.6) is 0 Å². The lowest BCUT2D eigenvalue weighted by atomic mass is 10.1. The van der Waals surface area contributed by atoms with Gasteiger partial charge >= 0.3 is 0 Å². The molecule has 1 aromatic rings. The van der Waals surface area contributed by atoms with Crippen LogP contribution >= 0.6 is 39.3 Å². The zero-order valence-electron chi connectivity index (χ0n) is 9.71. The smallest absolute Gasteiger partial charge is 0.161 e. The summed E-state index contributed by atoms with van der Waals surface area (Å²) in [5, 5.41) is 5.05. The van der Waals surface area contributed by atoms with Crippen LogP contribution in [0.4, 0.5) is 5.69 Å². The molecule has 1 unspecified atom stereocenters. The summed E-state index contributed by atoms with van der Waals surface area (Å²) in [4.78, 5) is 4.66. The summed E-state index contributed by atoms with van der Waals surface area (Å²) in [5.41, 5.74) is 1.00. The van der Waals surface area contributed by atoms with E-state index in [0.717, 1.165) is 26.1 Å². The van der Waals surface area contributed by atoms with Crippen LogP contribution in [0.15, 0.2) is 27.7 Å². The second-order valence-corrected chi connectivity index (χ2v) is 6.61. The van der Waals surface area contributed by atoms with Gasteiger partial charge in [-0.05, 0) is 40.0 Å². The Kier molecular flexibility index (Phi) is 4.39. The minimum Gasteiger partial charge on any atom is -0.334 e. The molecule has 2 nitrogen and oxygen atoms in total. The predicted molar refractivity (Wildman–Crippen MR) is 81.3 cm³/mol. The van der Waals surface area contributed by atoms with Crippen molar-refractivity contribution in [2.45, 2.75) is 19.9 Å². The minimum absolute atomic E-state index is 0.425. The molecule has 0 saturated heterocycles. The molecular formula is C12H14BrClN2S. The summed E-state index contributed by atoms with van der Waals surface area (Å²) in [6, 6.07) is 6.13. The van der Waals surface area contributed by atoms with Crippen molar-refractivity contribution in [1.29, 1.82) is 0 Å². The summed E-state index contributed by atoms with van der Waals surface area (Å²) in [6.45, 7) is 4.41. The Bertz CT molecular complexity index is 448. The van der Waals surface area contributed by atoms with Gasteiger partial charge in [0.2, 0.25) is 0 Å². The molecule has 0 spiro atoms. The summed E-state index contributed by atoms with van der Waals surface area (Å²) in [7, 11) is 0. The lowest BCUT2D eigenvalue weighted by molar-refractivity contribution is 0.543. The van der Waals surface area contributed by atoms with E-state index < -0.39 is 0 Å². The van der Waals surface area contributed by atoms with Crippen LogP contribution in [-0.4, -0.2) is 17.0 Å². The highest BCUT2D eigenvalue weighted by Gasteiger charge is 2.21. The Hall–Kier alpha value is -0.190. The Labute approximate surface area is 119 Å². The van der Waals surface area contributed by atoms with Crippen LogP contribution in [0.3, 0.4) is 0 Å². The largest absolute Gasteiger partial charge is 0.334 e. The van der Waals surface area contributed by atoms with Gasteiger partial charge in [0.15, 0.2) is 5.17 Å². The normalized spacial score (nSPS) is 19.6. The highest BCUT2D eigenvalue weighted by molar-refractivity contribution is 9.10. The molecule has 0 radical (unpaired) electrons. The fourth-order valence-corrected chi connectivity index (χ4v) is 3.47.